The van der Waals surface area contributed by atoms with Crippen molar-refractivity contribution in [2.45, 2.75) is 25.6 Å². The summed E-state index contributed by atoms with van der Waals surface area (Å²) < 4.78 is 42.4. The predicted octanol–water partition coefficient (Wildman–Crippen LogP) is 2.82. The molecule has 2 nitrogen and oxygen atoms in total. The average Bonchev–Trinajstić information content (AvgIpc) is 2.25. The maximum absolute atomic E-state index is 12.5. The molecule has 0 radical (unpaired) electrons. The van der Waals surface area contributed by atoms with Gasteiger partial charge in [-0.15, -0.1) is 0 Å². The van der Waals surface area contributed by atoms with Gasteiger partial charge in [0.1, 0.15) is 11.8 Å². The first kappa shape index (κ1) is 12.8. The molecule has 0 aromatic heterocycles. The molecule has 0 aliphatic carbocycles. The number of rotatable bonds is 3. The molecule has 0 fully saturated rings. The van der Waals surface area contributed by atoms with Gasteiger partial charge in [0.05, 0.1) is 7.11 Å². The van der Waals surface area contributed by atoms with E-state index in [2.05, 4.69) is 0 Å². The summed E-state index contributed by atoms with van der Waals surface area (Å²) in [4.78, 5) is 0. The van der Waals surface area contributed by atoms with E-state index in [9.17, 15) is 13.2 Å². The number of ether oxygens (including phenoxy) is 1. The summed E-state index contributed by atoms with van der Waals surface area (Å²) in [6.45, 7) is 1.87. The van der Waals surface area contributed by atoms with Crippen LogP contribution in [0.1, 0.15) is 24.1 Å². The second-order valence-corrected chi connectivity index (χ2v) is 3.45. The zero-order chi connectivity index (χ0) is 12.3. The Morgan fingerprint density at radius 2 is 2.00 bits per heavy atom. The fraction of sp³-hybridized carbons (Fsp3) is 0.455. The molecule has 0 saturated heterocycles. The van der Waals surface area contributed by atoms with Crippen LogP contribution in [0.5, 0.6) is 5.75 Å². The number of halogens is 3. The Kier molecular flexibility index (Phi) is 3.80. The highest BCUT2D eigenvalue weighted by molar-refractivity contribution is 5.40. The Morgan fingerprint density at radius 3 is 2.44 bits per heavy atom. The van der Waals surface area contributed by atoms with Crippen LogP contribution >= 0.6 is 0 Å². The van der Waals surface area contributed by atoms with Crippen molar-refractivity contribution in [1.29, 1.82) is 0 Å². The largest absolute Gasteiger partial charge is 0.496 e. The zero-order valence-electron chi connectivity index (χ0n) is 9.14. The van der Waals surface area contributed by atoms with E-state index in [0.717, 1.165) is 5.56 Å². The first-order valence-electron chi connectivity index (χ1n) is 4.89. The number of hydrogen-bond acceptors (Lipinski definition) is 2. The van der Waals surface area contributed by atoms with Crippen LogP contribution in [0.25, 0.3) is 0 Å². The molecule has 0 bridgehead atoms. The number of aryl methyl sites for hydroxylation is 1. The van der Waals surface area contributed by atoms with Crippen LogP contribution in [0.2, 0.25) is 0 Å². The molecule has 1 aromatic carbocycles. The topological polar surface area (TPSA) is 35.2 Å². The van der Waals surface area contributed by atoms with Crippen molar-refractivity contribution in [1.82, 2.24) is 0 Å². The highest BCUT2D eigenvalue weighted by atomic mass is 19.4. The fourth-order valence-corrected chi connectivity index (χ4v) is 1.42. The number of hydrogen-bond donors (Lipinski definition) is 1. The molecule has 0 unspecified atom stereocenters. The standard InChI is InChI=1S/C11H14F3NO/c1-3-7-4-5-9(16-2)8(6-7)10(15)11(12,13)14/h4-6,10H,3,15H2,1-2H3/t10-/m1/s1. The molecule has 0 heterocycles. The van der Waals surface area contributed by atoms with E-state index >= 15 is 0 Å². The zero-order valence-corrected chi connectivity index (χ0v) is 9.14. The molecular formula is C11H14F3NO. The predicted molar refractivity (Wildman–Crippen MR) is 55.4 cm³/mol. The minimum Gasteiger partial charge on any atom is -0.496 e. The minimum absolute atomic E-state index is 0.0191. The summed E-state index contributed by atoms with van der Waals surface area (Å²) in [6.07, 6.45) is -3.80. The van der Waals surface area contributed by atoms with E-state index in [-0.39, 0.29) is 11.3 Å². The quantitative estimate of drug-likeness (QED) is 0.871. The SMILES string of the molecule is CCc1ccc(OC)c([C@@H](N)C(F)(F)F)c1. The second kappa shape index (κ2) is 4.74. The first-order chi connectivity index (χ1) is 7.40. The fourth-order valence-electron chi connectivity index (χ4n) is 1.42. The van der Waals surface area contributed by atoms with Gasteiger partial charge in [-0.1, -0.05) is 19.1 Å². The lowest BCUT2D eigenvalue weighted by atomic mass is 10.0. The van der Waals surface area contributed by atoms with Gasteiger partial charge in [-0.25, -0.2) is 0 Å². The Morgan fingerprint density at radius 1 is 1.38 bits per heavy atom. The van der Waals surface area contributed by atoms with Gasteiger partial charge in [0.2, 0.25) is 0 Å². The number of nitrogens with two attached hydrogens (primary N) is 1. The third-order valence-corrected chi connectivity index (χ3v) is 2.39. The Hall–Kier alpha value is -1.23. The van der Waals surface area contributed by atoms with Crippen LogP contribution in [-0.2, 0) is 6.42 Å². The van der Waals surface area contributed by atoms with Crippen LogP contribution in [0, 0.1) is 0 Å². The highest BCUT2D eigenvalue weighted by Crippen LogP contribution is 2.35. The van der Waals surface area contributed by atoms with E-state index in [1.807, 2.05) is 6.92 Å². The number of alkyl halides is 3. The summed E-state index contributed by atoms with van der Waals surface area (Å²) in [5, 5.41) is 0. The van der Waals surface area contributed by atoms with E-state index in [4.69, 9.17) is 10.5 Å². The molecule has 1 atom stereocenters. The molecule has 0 spiro atoms. The Labute approximate surface area is 92.2 Å². The van der Waals surface area contributed by atoms with Crippen molar-refractivity contribution in [3.8, 4) is 5.75 Å². The lowest BCUT2D eigenvalue weighted by Gasteiger charge is -2.19. The van der Waals surface area contributed by atoms with Gasteiger partial charge in [-0.3, -0.25) is 0 Å². The van der Waals surface area contributed by atoms with Crippen molar-refractivity contribution in [3.63, 3.8) is 0 Å². The monoisotopic (exact) mass is 233 g/mol. The smallest absolute Gasteiger partial charge is 0.407 e. The van der Waals surface area contributed by atoms with Crippen LogP contribution in [-0.4, -0.2) is 13.3 Å². The van der Waals surface area contributed by atoms with Gasteiger partial charge in [0.25, 0.3) is 0 Å². The Bertz CT molecular complexity index is 363. The average molecular weight is 233 g/mol. The van der Waals surface area contributed by atoms with E-state index in [1.165, 1.54) is 19.2 Å². The van der Waals surface area contributed by atoms with E-state index in [0.29, 0.717) is 6.42 Å². The maximum Gasteiger partial charge on any atom is 0.407 e. The normalized spacial score (nSPS) is 13.6. The molecule has 0 aliphatic heterocycles. The molecule has 90 valence electrons. The Balaban J connectivity index is 3.18. The van der Waals surface area contributed by atoms with E-state index in [1.54, 1.807) is 6.07 Å². The van der Waals surface area contributed by atoms with Gasteiger partial charge in [-0.05, 0) is 18.1 Å². The summed E-state index contributed by atoms with van der Waals surface area (Å²) in [5.74, 6) is 0.169. The lowest BCUT2D eigenvalue weighted by molar-refractivity contribution is -0.149. The van der Waals surface area contributed by atoms with Crippen LogP contribution in [0.4, 0.5) is 13.2 Å². The number of methoxy groups -OCH3 is 1. The van der Waals surface area contributed by atoms with Gasteiger partial charge in [0, 0.05) is 5.56 Å². The molecule has 2 N–H and O–H groups in total. The van der Waals surface area contributed by atoms with Crippen molar-refractivity contribution < 1.29 is 17.9 Å². The van der Waals surface area contributed by atoms with Crippen molar-refractivity contribution in [2.24, 2.45) is 5.73 Å². The molecule has 0 aliphatic rings. The third-order valence-electron chi connectivity index (χ3n) is 2.39. The molecule has 0 amide bonds. The van der Waals surface area contributed by atoms with Gasteiger partial charge in [0.15, 0.2) is 0 Å². The maximum atomic E-state index is 12.5. The lowest BCUT2D eigenvalue weighted by Crippen LogP contribution is -2.28. The van der Waals surface area contributed by atoms with Crippen molar-refractivity contribution in [3.05, 3.63) is 29.3 Å². The van der Waals surface area contributed by atoms with Crippen molar-refractivity contribution in [2.75, 3.05) is 7.11 Å². The third kappa shape index (κ3) is 2.66. The first-order valence-corrected chi connectivity index (χ1v) is 4.89. The molecule has 16 heavy (non-hydrogen) atoms. The second-order valence-electron chi connectivity index (χ2n) is 3.45. The van der Waals surface area contributed by atoms with Gasteiger partial charge >= 0.3 is 6.18 Å². The van der Waals surface area contributed by atoms with Crippen LogP contribution in [0.15, 0.2) is 18.2 Å². The summed E-state index contributed by atoms with van der Waals surface area (Å²) in [6, 6.07) is 2.68. The molecular weight excluding hydrogens is 219 g/mol. The minimum atomic E-state index is -4.46. The molecule has 0 saturated carbocycles. The summed E-state index contributed by atoms with van der Waals surface area (Å²) in [7, 11) is 1.33. The van der Waals surface area contributed by atoms with Gasteiger partial charge in [-0.2, -0.15) is 13.2 Å². The molecule has 1 aromatic rings. The van der Waals surface area contributed by atoms with Gasteiger partial charge < -0.3 is 10.5 Å². The van der Waals surface area contributed by atoms with Crippen LogP contribution in [0.3, 0.4) is 0 Å². The van der Waals surface area contributed by atoms with Crippen LogP contribution < -0.4 is 10.5 Å². The highest BCUT2D eigenvalue weighted by Gasteiger charge is 2.39. The number of benzene rings is 1. The van der Waals surface area contributed by atoms with E-state index < -0.39 is 12.2 Å². The molecule has 5 heteroatoms. The summed E-state index contributed by atoms with van der Waals surface area (Å²) >= 11 is 0. The van der Waals surface area contributed by atoms with Crippen molar-refractivity contribution >= 4 is 0 Å². The summed E-state index contributed by atoms with van der Waals surface area (Å²) in [5.41, 5.74) is 5.95. The molecule has 1 rings (SSSR count).